The molecule has 34 heavy (non-hydrogen) atoms. The first-order chi connectivity index (χ1) is 14.5. The molecule has 0 saturated heterocycles. The molecule has 0 N–H and O–H groups in total. The van der Waals surface area contributed by atoms with Gasteiger partial charge in [0, 0.05) is 12.8 Å². The molecule has 0 nitrogen and oxygen atoms in total. The molecule has 0 fully saturated rings. The Morgan fingerprint density at radius 3 is 1.15 bits per heavy atom. The molecule has 0 atom stereocenters. The molecule has 0 rings (SSSR count). The van der Waals surface area contributed by atoms with Crippen LogP contribution in [-0.2, 0) is 0 Å². The molecule has 18 heteroatoms. The Kier molecular flexibility index (Phi) is 8.54. The van der Waals surface area contributed by atoms with Crippen LogP contribution >= 0.6 is 0 Å². The van der Waals surface area contributed by atoms with Crippen molar-refractivity contribution in [2.24, 2.45) is 0 Å². The summed E-state index contributed by atoms with van der Waals surface area (Å²) in [6, 6.07) is 0. The van der Waals surface area contributed by atoms with Gasteiger partial charge in [0.25, 0.3) is 0 Å². The van der Waals surface area contributed by atoms with Gasteiger partial charge in [-0.3, -0.25) is 0 Å². The first-order valence-electron chi connectivity index (χ1n) is 8.67. The fourth-order valence-electron chi connectivity index (χ4n) is 2.08. The van der Waals surface area contributed by atoms with Crippen LogP contribution in [0.4, 0.5) is 74.6 Å². The highest BCUT2D eigenvalue weighted by Crippen LogP contribution is 2.64. The molecule has 0 unspecified atom stereocenters. The van der Waals surface area contributed by atoms with E-state index in [1.807, 2.05) is 0 Å². The number of unbranched alkanes of at least 4 members (excludes halogenated alkanes) is 1. The predicted molar refractivity (Wildman–Crippen MR) is 85.7 cm³/mol. The summed E-state index contributed by atoms with van der Waals surface area (Å²) in [7, 11) is -2.12. The molecular weight excluding hydrogens is 543 g/mol. The average Bonchev–Trinajstić information content (AvgIpc) is 2.58. The number of alkyl halides is 17. The zero-order valence-corrected chi connectivity index (χ0v) is 18.0. The quantitative estimate of drug-likeness (QED) is 0.116. The molecule has 202 valence electrons. The molecule has 0 saturated carbocycles. The second-order valence-corrected chi connectivity index (χ2v) is 12.8. The fourth-order valence-corrected chi connectivity index (χ4v) is 2.74. The number of hydrogen-bond acceptors (Lipinski definition) is 0. The molecule has 0 amide bonds. The molecule has 0 radical (unpaired) electrons. The fraction of sp³-hybridized carbons (Fsp3) is 0.875. The van der Waals surface area contributed by atoms with Gasteiger partial charge in [0.2, 0.25) is 0 Å². The summed E-state index contributed by atoms with van der Waals surface area (Å²) < 4.78 is 223. The predicted octanol–water partition coefficient (Wildman–Crippen LogP) is 8.05. The lowest BCUT2D eigenvalue weighted by molar-refractivity contribution is -0.461. The van der Waals surface area contributed by atoms with Gasteiger partial charge in [0.15, 0.2) is 0 Å². The maximum atomic E-state index is 13.6. The Labute approximate surface area is 181 Å². The van der Waals surface area contributed by atoms with Crippen molar-refractivity contribution < 1.29 is 74.6 Å². The van der Waals surface area contributed by atoms with E-state index in [2.05, 4.69) is 11.5 Å². The van der Waals surface area contributed by atoms with Gasteiger partial charge in [-0.05, 0) is 6.42 Å². The molecule has 0 aliphatic heterocycles. The third-order valence-electron chi connectivity index (χ3n) is 4.04. The van der Waals surface area contributed by atoms with E-state index in [1.54, 1.807) is 19.6 Å². The van der Waals surface area contributed by atoms with Crippen molar-refractivity contribution in [1.29, 1.82) is 0 Å². The minimum absolute atomic E-state index is 0.704. The van der Waals surface area contributed by atoms with E-state index in [4.69, 9.17) is 0 Å². The Morgan fingerprint density at radius 1 is 0.500 bits per heavy atom. The number of hydrogen-bond donors (Lipinski definition) is 0. The average molecular weight is 558 g/mol. The summed E-state index contributed by atoms with van der Waals surface area (Å²) in [5.41, 5.74) is 2.51. The summed E-state index contributed by atoms with van der Waals surface area (Å²) in [5.74, 6) is -53.7. The molecule has 0 aliphatic carbocycles. The zero-order valence-electron chi connectivity index (χ0n) is 17.0. The van der Waals surface area contributed by atoms with Crippen molar-refractivity contribution in [3.05, 3.63) is 0 Å². The Bertz CT molecular complexity index is 776. The van der Waals surface area contributed by atoms with Gasteiger partial charge >= 0.3 is 47.6 Å². The molecule has 0 aromatic heterocycles. The largest absolute Gasteiger partial charge is 0.460 e. The lowest BCUT2D eigenvalue weighted by Gasteiger charge is -2.42. The van der Waals surface area contributed by atoms with Crippen molar-refractivity contribution in [1.82, 2.24) is 0 Å². The van der Waals surface area contributed by atoms with E-state index in [0.29, 0.717) is 0 Å². The van der Waals surface area contributed by atoms with Crippen LogP contribution in [0.2, 0.25) is 19.6 Å². The summed E-state index contributed by atoms with van der Waals surface area (Å²) in [6.45, 7) is 4.89. The molecule has 0 aromatic carbocycles. The van der Waals surface area contributed by atoms with Crippen LogP contribution < -0.4 is 0 Å². The van der Waals surface area contributed by atoms with Crippen LogP contribution in [-0.4, -0.2) is 55.7 Å². The molecular formula is C16H15F17Si. The topological polar surface area (TPSA) is 0 Å². The van der Waals surface area contributed by atoms with Gasteiger partial charge in [0.1, 0.15) is 8.07 Å². The van der Waals surface area contributed by atoms with Gasteiger partial charge < -0.3 is 0 Å². The third kappa shape index (κ3) is 5.22. The van der Waals surface area contributed by atoms with Crippen molar-refractivity contribution in [2.75, 3.05) is 0 Å². The maximum absolute atomic E-state index is 13.6. The zero-order chi connectivity index (χ0) is 28.0. The highest BCUT2D eigenvalue weighted by Gasteiger charge is 2.95. The first kappa shape index (κ1) is 32.6. The number of halogens is 17. The van der Waals surface area contributed by atoms with E-state index >= 15 is 0 Å². The maximum Gasteiger partial charge on any atom is 0.460 e. The Hall–Kier alpha value is -1.41. The van der Waals surface area contributed by atoms with Gasteiger partial charge in [-0.1, -0.05) is 19.6 Å². The van der Waals surface area contributed by atoms with Gasteiger partial charge in [-0.2, -0.15) is 74.6 Å². The molecule has 0 spiro atoms. The molecule has 0 aliphatic rings. The van der Waals surface area contributed by atoms with Gasteiger partial charge in [-0.15, -0.1) is 11.5 Å². The summed E-state index contributed by atoms with van der Waals surface area (Å²) in [5, 5.41) is 0. The lowest BCUT2D eigenvalue weighted by Crippen LogP contribution is -2.74. The highest BCUT2D eigenvalue weighted by molar-refractivity contribution is 6.83. The first-order valence-corrected chi connectivity index (χ1v) is 12.2. The summed E-state index contributed by atoms with van der Waals surface area (Å²) in [4.78, 5) is 0. The Balaban J connectivity index is 6.27. The van der Waals surface area contributed by atoms with Gasteiger partial charge in [0.05, 0.1) is 0 Å². The Morgan fingerprint density at radius 2 is 0.824 bits per heavy atom. The van der Waals surface area contributed by atoms with Crippen LogP contribution in [0.25, 0.3) is 0 Å². The van der Waals surface area contributed by atoms with Crippen LogP contribution in [0.3, 0.4) is 0 Å². The van der Waals surface area contributed by atoms with Crippen molar-refractivity contribution in [3.8, 4) is 11.5 Å². The van der Waals surface area contributed by atoms with Crippen molar-refractivity contribution >= 4 is 8.07 Å². The second kappa shape index (κ2) is 8.91. The second-order valence-electron chi connectivity index (χ2n) is 8.05. The minimum Gasteiger partial charge on any atom is -0.200 e. The molecule has 0 bridgehead atoms. The summed E-state index contributed by atoms with van der Waals surface area (Å²) in [6.07, 6.45) is -12.1. The lowest BCUT2D eigenvalue weighted by atomic mass is 9.88. The SMILES string of the molecule is C[Si](C)(C)C#CCCCC(F)(F)C(F)(F)C(F)(F)C(F)(F)C(F)(F)C(F)(F)C(F)(F)C(F)(F)F. The van der Waals surface area contributed by atoms with Crippen molar-refractivity contribution in [2.45, 2.75) is 86.5 Å². The van der Waals surface area contributed by atoms with Crippen molar-refractivity contribution in [3.63, 3.8) is 0 Å². The van der Waals surface area contributed by atoms with Crippen LogP contribution in [0.1, 0.15) is 19.3 Å². The normalized spacial score (nSPS) is 15.8. The van der Waals surface area contributed by atoms with E-state index in [9.17, 15) is 74.6 Å². The molecule has 0 aromatic rings. The minimum atomic E-state index is -8.59. The number of rotatable bonds is 9. The smallest absolute Gasteiger partial charge is 0.200 e. The molecule has 0 heterocycles. The summed E-state index contributed by atoms with van der Waals surface area (Å²) >= 11 is 0. The highest BCUT2D eigenvalue weighted by atomic mass is 28.3. The van der Waals surface area contributed by atoms with E-state index in [-0.39, 0.29) is 0 Å². The van der Waals surface area contributed by atoms with E-state index < -0.39 is 75.0 Å². The van der Waals surface area contributed by atoms with Crippen LogP contribution in [0.5, 0.6) is 0 Å². The monoisotopic (exact) mass is 558 g/mol. The third-order valence-corrected chi connectivity index (χ3v) is 4.97. The van der Waals surface area contributed by atoms with Crippen LogP contribution in [0, 0.1) is 11.5 Å². The van der Waals surface area contributed by atoms with E-state index in [0.717, 1.165) is 0 Å². The van der Waals surface area contributed by atoms with E-state index in [1.165, 1.54) is 0 Å². The standard InChI is InChI=1S/C16H15F17Si/c1-34(2,3)8-6-4-5-7-9(17,18)10(19,20)11(21,22)12(23,24)13(25,26)14(27,28)15(29,30)16(31,32)33/h4-5,7H2,1-3H3. The van der Waals surface area contributed by atoms with Gasteiger partial charge in [-0.25, -0.2) is 0 Å². The van der Waals surface area contributed by atoms with Crippen LogP contribution in [0.15, 0.2) is 0 Å².